The standard InChI is InChI=1S/C29H28N2O4S/c1-17-25(29(33)31-19-9-5-4-6-10-19)26(20-11-7-12-23(34-2)28(20)35-3)27-21(30-17)15-18(16-22(27)32)24-13-8-14-36-24/h4-14,18,26,30H,15-16H2,1-3H3,(H,31,33). The number of ether oxygens (including phenoxy) is 2. The normalized spacial score (nSPS) is 19.5. The second kappa shape index (κ2) is 10.0. The third kappa shape index (κ3) is 4.31. The van der Waals surface area contributed by atoms with Gasteiger partial charge in [-0.15, -0.1) is 11.3 Å². The zero-order valence-corrected chi connectivity index (χ0v) is 21.3. The van der Waals surface area contributed by atoms with Crippen molar-refractivity contribution in [3.8, 4) is 11.5 Å². The maximum absolute atomic E-state index is 13.8. The van der Waals surface area contributed by atoms with E-state index in [2.05, 4.69) is 16.7 Å². The summed E-state index contributed by atoms with van der Waals surface area (Å²) in [5.41, 5.74) is 4.12. The predicted molar refractivity (Wildman–Crippen MR) is 142 cm³/mol. The molecule has 2 atom stereocenters. The van der Waals surface area contributed by atoms with Crippen LogP contribution in [0.25, 0.3) is 0 Å². The fourth-order valence-electron chi connectivity index (χ4n) is 5.24. The Labute approximate surface area is 214 Å². The van der Waals surface area contributed by atoms with E-state index in [1.807, 2.05) is 66.9 Å². The summed E-state index contributed by atoms with van der Waals surface area (Å²) in [7, 11) is 3.16. The molecule has 2 N–H and O–H groups in total. The van der Waals surface area contributed by atoms with Crippen LogP contribution >= 0.6 is 11.3 Å². The molecule has 36 heavy (non-hydrogen) atoms. The lowest BCUT2D eigenvalue weighted by molar-refractivity contribution is -0.116. The van der Waals surface area contributed by atoms with Crippen molar-refractivity contribution in [2.45, 2.75) is 31.6 Å². The van der Waals surface area contributed by atoms with Gasteiger partial charge in [0.15, 0.2) is 17.3 Å². The van der Waals surface area contributed by atoms with Gasteiger partial charge in [-0.3, -0.25) is 9.59 Å². The van der Waals surface area contributed by atoms with E-state index in [0.717, 1.165) is 17.0 Å². The van der Waals surface area contributed by atoms with E-state index < -0.39 is 5.92 Å². The SMILES string of the molecule is COc1cccc(C2C(C(=O)Nc3ccccc3)=C(C)NC3=C2C(=O)CC(c2cccs2)C3)c1OC. The lowest BCUT2D eigenvalue weighted by atomic mass is 9.72. The van der Waals surface area contributed by atoms with Crippen LogP contribution in [-0.2, 0) is 9.59 Å². The van der Waals surface area contributed by atoms with Crippen LogP contribution < -0.4 is 20.1 Å². The summed E-state index contributed by atoms with van der Waals surface area (Å²) in [6.07, 6.45) is 1.10. The van der Waals surface area contributed by atoms with Crippen LogP contribution in [0, 0.1) is 0 Å². The molecule has 0 spiro atoms. The Morgan fingerprint density at radius 1 is 1.00 bits per heavy atom. The molecule has 2 aromatic carbocycles. The first-order chi connectivity index (χ1) is 17.5. The maximum atomic E-state index is 13.8. The lowest BCUT2D eigenvalue weighted by Gasteiger charge is -2.37. The van der Waals surface area contributed by atoms with Gasteiger partial charge in [0.25, 0.3) is 5.91 Å². The Kier molecular flexibility index (Phi) is 6.65. The van der Waals surface area contributed by atoms with Crippen LogP contribution in [0.2, 0.25) is 0 Å². The van der Waals surface area contributed by atoms with E-state index in [-0.39, 0.29) is 17.6 Å². The fourth-order valence-corrected chi connectivity index (χ4v) is 6.07. The molecule has 2 unspecified atom stereocenters. The molecule has 3 aromatic rings. The number of rotatable bonds is 6. The number of hydrogen-bond donors (Lipinski definition) is 2. The molecule has 1 aliphatic heterocycles. The molecule has 2 aliphatic rings. The van der Waals surface area contributed by atoms with E-state index in [4.69, 9.17) is 9.47 Å². The third-order valence-corrected chi connectivity index (χ3v) is 7.83. The minimum absolute atomic E-state index is 0.0366. The van der Waals surface area contributed by atoms with Crippen molar-refractivity contribution in [2.75, 3.05) is 19.5 Å². The molecular formula is C29H28N2O4S. The van der Waals surface area contributed by atoms with Crippen LogP contribution in [0.3, 0.4) is 0 Å². The fraction of sp³-hybridized carbons (Fsp3) is 0.241. The largest absolute Gasteiger partial charge is 0.493 e. The molecule has 2 heterocycles. The highest BCUT2D eigenvalue weighted by atomic mass is 32.1. The molecule has 7 heteroatoms. The van der Waals surface area contributed by atoms with Crippen LogP contribution in [0.5, 0.6) is 11.5 Å². The van der Waals surface area contributed by atoms with Crippen LogP contribution in [-0.4, -0.2) is 25.9 Å². The average molecular weight is 501 g/mol. The summed E-state index contributed by atoms with van der Waals surface area (Å²) in [6.45, 7) is 1.89. The van der Waals surface area contributed by atoms with E-state index >= 15 is 0 Å². The number of carbonyl (C=O) groups is 2. The number of ketones is 1. The highest BCUT2D eigenvalue weighted by Gasteiger charge is 2.42. The average Bonchev–Trinajstić information content (AvgIpc) is 3.43. The summed E-state index contributed by atoms with van der Waals surface area (Å²) >= 11 is 1.67. The van der Waals surface area contributed by atoms with Gasteiger partial charge in [-0.25, -0.2) is 0 Å². The van der Waals surface area contributed by atoms with Crippen molar-refractivity contribution in [1.82, 2.24) is 5.32 Å². The quantitative estimate of drug-likeness (QED) is 0.450. The first kappa shape index (κ1) is 23.9. The Balaban J connectivity index is 1.64. The van der Waals surface area contributed by atoms with Gasteiger partial charge in [-0.2, -0.15) is 0 Å². The van der Waals surface area contributed by atoms with Gasteiger partial charge in [0, 0.05) is 51.0 Å². The number of hydrogen-bond acceptors (Lipinski definition) is 6. The van der Waals surface area contributed by atoms with E-state index in [1.54, 1.807) is 25.6 Å². The molecule has 5 rings (SSSR count). The van der Waals surface area contributed by atoms with Gasteiger partial charge >= 0.3 is 0 Å². The van der Waals surface area contributed by atoms with Gasteiger partial charge in [-0.1, -0.05) is 36.4 Å². The van der Waals surface area contributed by atoms with Crippen LogP contribution in [0.15, 0.2) is 88.6 Å². The Hall–Kier alpha value is -3.84. The number of anilines is 1. The van der Waals surface area contributed by atoms with E-state index in [1.165, 1.54) is 4.88 Å². The highest BCUT2D eigenvalue weighted by molar-refractivity contribution is 7.10. The van der Waals surface area contributed by atoms with Crippen LogP contribution in [0.4, 0.5) is 5.69 Å². The first-order valence-corrected chi connectivity index (χ1v) is 12.7. The number of thiophene rings is 1. The number of dihydropyridines is 1. The summed E-state index contributed by atoms with van der Waals surface area (Å²) in [5.74, 6) is 0.367. The molecule has 0 saturated carbocycles. The second-order valence-corrected chi connectivity index (χ2v) is 9.91. The molecule has 1 aromatic heterocycles. The topological polar surface area (TPSA) is 76.7 Å². The Morgan fingerprint density at radius 3 is 2.50 bits per heavy atom. The molecular weight excluding hydrogens is 472 g/mol. The summed E-state index contributed by atoms with van der Waals surface area (Å²) in [6, 6.07) is 19.0. The molecule has 0 saturated heterocycles. The van der Waals surface area contributed by atoms with Crippen molar-refractivity contribution in [2.24, 2.45) is 0 Å². The number of benzene rings is 2. The molecule has 0 fully saturated rings. The number of methoxy groups -OCH3 is 2. The molecule has 0 bridgehead atoms. The van der Waals surface area contributed by atoms with E-state index in [0.29, 0.717) is 41.2 Å². The van der Waals surface area contributed by atoms with Crippen molar-refractivity contribution in [1.29, 1.82) is 0 Å². The van der Waals surface area contributed by atoms with Crippen molar-refractivity contribution < 1.29 is 19.1 Å². The molecule has 0 radical (unpaired) electrons. The first-order valence-electron chi connectivity index (χ1n) is 11.9. The second-order valence-electron chi connectivity index (χ2n) is 8.94. The van der Waals surface area contributed by atoms with Crippen molar-refractivity contribution in [3.63, 3.8) is 0 Å². The van der Waals surface area contributed by atoms with Crippen molar-refractivity contribution >= 4 is 28.7 Å². The number of nitrogens with one attached hydrogen (secondary N) is 2. The molecule has 184 valence electrons. The smallest absolute Gasteiger partial charge is 0.254 e. The van der Waals surface area contributed by atoms with Gasteiger partial charge < -0.3 is 20.1 Å². The number of amides is 1. The number of Topliss-reactive ketones (excluding diaryl/α,β-unsaturated/α-hetero) is 1. The number of allylic oxidation sites excluding steroid dienone is 3. The number of para-hydroxylation sites is 2. The highest BCUT2D eigenvalue weighted by Crippen LogP contribution is 2.49. The van der Waals surface area contributed by atoms with Gasteiger partial charge in [-0.05, 0) is 43.0 Å². The Bertz CT molecular complexity index is 1360. The minimum atomic E-state index is -0.591. The van der Waals surface area contributed by atoms with Gasteiger partial charge in [0.05, 0.1) is 20.1 Å². The minimum Gasteiger partial charge on any atom is -0.493 e. The third-order valence-electron chi connectivity index (χ3n) is 6.79. The molecule has 1 amide bonds. The van der Waals surface area contributed by atoms with Crippen molar-refractivity contribution in [3.05, 3.63) is 99.0 Å². The maximum Gasteiger partial charge on any atom is 0.254 e. The van der Waals surface area contributed by atoms with Gasteiger partial charge in [0.2, 0.25) is 0 Å². The molecule has 1 aliphatic carbocycles. The number of carbonyl (C=O) groups excluding carboxylic acids is 2. The summed E-state index contributed by atoms with van der Waals surface area (Å²) < 4.78 is 11.3. The van der Waals surface area contributed by atoms with E-state index in [9.17, 15) is 9.59 Å². The van der Waals surface area contributed by atoms with Crippen LogP contribution in [0.1, 0.15) is 42.0 Å². The van der Waals surface area contributed by atoms with Gasteiger partial charge in [0.1, 0.15) is 0 Å². The lowest BCUT2D eigenvalue weighted by Crippen LogP contribution is -2.37. The predicted octanol–water partition coefficient (Wildman–Crippen LogP) is 5.77. The summed E-state index contributed by atoms with van der Waals surface area (Å²) in [4.78, 5) is 28.7. The zero-order valence-electron chi connectivity index (χ0n) is 20.5. The summed E-state index contributed by atoms with van der Waals surface area (Å²) in [5, 5.41) is 8.48. The monoisotopic (exact) mass is 500 g/mol. The Morgan fingerprint density at radius 2 is 1.81 bits per heavy atom. The molecule has 6 nitrogen and oxygen atoms in total. The zero-order chi connectivity index (χ0) is 25.2.